The first-order chi connectivity index (χ1) is 11.1. The average Bonchev–Trinajstić information content (AvgIpc) is 2.71. The van der Waals surface area contributed by atoms with E-state index in [1.807, 2.05) is 0 Å². The Labute approximate surface area is 117 Å². The third-order valence-electron chi connectivity index (χ3n) is 2.56. The molecule has 19 heavy (non-hydrogen) atoms. The van der Waals surface area contributed by atoms with Gasteiger partial charge >= 0.3 is 5.69 Å². The number of ether oxygens (including phenoxy) is 2. The van der Waals surface area contributed by atoms with E-state index in [4.69, 9.17) is 21.4 Å². The summed E-state index contributed by atoms with van der Waals surface area (Å²) in [7, 11) is 0. The molecule has 7 nitrogen and oxygen atoms in total. The number of hydrogen-bond acceptors (Lipinski definition) is 6. The van der Waals surface area contributed by atoms with Gasteiger partial charge in [0, 0.05) is 23.6 Å². The van der Waals surface area contributed by atoms with Gasteiger partial charge in [0.15, 0.2) is 0 Å². The van der Waals surface area contributed by atoms with Gasteiger partial charge in [-0.15, -0.1) is 0 Å². The molecule has 0 saturated carbocycles. The van der Waals surface area contributed by atoms with Crippen LogP contribution in [-0.2, 0) is 4.74 Å². The molecule has 1 aliphatic rings. The van der Waals surface area contributed by atoms with Crippen LogP contribution >= 0.6 is 0 Å². The first kappa shape index (κ1) is 8.68. The smallest absolute Gasteiger partial charge is 0.352 e. The molecule has 0 aliphatic carbocycles. The number of aryl methyl sites for hydroxylation is 1. The van der Waals surface area contributed by atoms with Crippen molar-refractivity contribution in [1.29, 1.82) is 0 Å². The Kier molecular flexibility index (Phi) is 2.60. The van der Waals surface area contributed by atoms with Gasteiger partial charge in [-0.2, -0.15) is 4.98 Å². The standard InChI is InChI=1S/C12H18N2O5/c1-3-18-11-7(2)5-14(12(17)13-11)10-4-8(16)9(6-15)19-10/h5,8-10,15-16H,3-4,6H2,1-2H3/t8-,9+,10+/m0/s1/i2T3,4T,10T/t4-,8+,9-,10-/m1. The van der Waals surface area contributed by atoms with Crippen LogP contribution in [0.4, 0.5) is 0 Å². The van der Waals surface area contributed by atoms with Crippen LogP contribution in [0.1, 0.15) is 31.9 Å². The predicted octanol–water partition coefficient (Wildman–Crippen LogP) is -0.409. The molecule has 0 bridgehead atoms. The van der Waals surface area contributed by atoms with E-state index in [1.165, 1.54) is 0 Å². The van der Waals surface area contributed by atoms with Crippen molar-refractivity contribution in [3.05, 3.63) is 22.2 Å². The minimum atomic E-state index is -2.69. The molecule has 4 atom stereocenters. The summed E-state index contributed by atoms with van der Waals surface area (Å²) in [6.07, 6.45) is -6.03. The zero-order chi connectivity index (χ0) is 18.3. The molecule has 0 spiro atoms. The summed E-state index contributed by atoms with van der Waals surface area (Å²) in [6, 6.07) is 0. The molecule has 106 valence electrons. The zero-order valence-corrected chi connectivity index (χ0v) is 10.2. The SMILES string of the molecule is [3H][C@@H]1[C@H](O)[C@@H](CO)O[C@@]1([3H])n1cc(C([3H])([3H])[3H])c(OCC)nc1=O. The quantitative estimate of drug-likeness (QED) is 0.779. The second-order valence-corrected chi connectivity index (χ2v) is 3.88. The molecule has 1 fully saturated rings. The van der Waals surface area contributed by atoms with Crippen molar-refractivity contribution in [3.8, 4) is 5.88 Å². The first-order valence-corrected chi connectivity index (χ1v) is 5.72. The summed E-state index contributed by atoms with van der Waals surface area (Å²) in [5.41, 5.74) is -1.49. The predicted molar refractivity (Wildman–Crippen MR) is 66.0 cm³/mol. The number of aliphatic hydroxyl groups excluding tert-OH is 2. The highest BCUT2D eigenvalue weighted by atomic mass is 16.5. The number of aromatic nitrogens is 2. The summed E-state index contributed by atoms with van der Waals surface area (Å²) in [5, 5.41) is 19.0. The molecular weight excluding hydrogens is 252 g/mol. The Hall–Kier alpha value is -1.44. The number of rotatable bonds is 4. The van der Waals surface area contributed by atoms with Crippen LogP contribution in [0, 0.1) is 6.85 Å². The Bertz CT molecular complexity index is 666. The molecule has 1 aliphatic heterocycles. The molecule has 7 heteroatoms. The van der Waals surface area contributed by atoms with Crippen LogP contribution in [-0.4, -0.2) is 45.2 Å². The van der Waals surface area contributed by atoms with Gasteiger partial charge in [-0.25, -0.2) is 4.79 Å². The van der Waals surface area contributed by atoms with Crippen LogP contribution in [0.5, 0.6) is 5.88 Å². The third kappa shape index (κ3) is 2.78. The minimum Gasteiger partial charge on any atom is -0.478 e. The van der Waals surface area contributed by atoms with Gasteiger partial charge in [-0.3, -0.25) is 4.57 Å². The van der Waals surface area contributed by atoms with Gasteiger partial charge in [-0.1, -0.05) is 0 Å². The van der Waals surface area contributed by atoms with E-state index < -0.39 is 49.5 Å². The van der Waals surface area contributed by atoms with Crippen molar-refractivity contribution < 1.29 is 26.5 Å². The number of nitrogens with zero attached hydrogens (tertiary/aromatic N) is 2. The molecule has 1 aromatic rings. The van der Waals surface area contributed by atoms with Crippen LogP contribution in [0.3, 0.4) is 0 Å². The average molecular weight is 280 g/mol. The van der Waals surface area contributed by atoms with Gasteiger partial charge in [0.05, 0.1) is 20.7 Å². The summed E-state index contributed by atoms with van der Waals surface area (Å²) >= 11 is 0. The topological polar surface area (TPSA) is 93.8 Å². The summed E-state index contributed by atoms with van der Waals surface area (Å²) < 4.78 is 49.4. The normalized spacial score (nSPS) is 38.9. The zero-order valence-electron chi connectivity index (χ0n) is 15.2. The number of hydrogen-bond donors (Lipinski definition) is 2. The highest BCUT2D eigenvalue weighted by Gasteiger charge is 2.35. The maximum absolute atomic E-state index is 12.2. The lowest BCUT2D eigenvalue weighted by Gasteiger charge is -2.15. The van der Waals surface area contributed by atoms with Gasteiger partial charge in [-0.05, 0) is 13.8 Å². The van der Waals surface area contributed by atoms with E-state index in [2.05, 4.69) is 4.98 Å². The molecule has 2 heterocycles. The van der Waals surface area contributed by atoms with Crippen LogP contribution in [0.2, 0.25) is 0 Å². The van der Waals surface area contributed by atoms with Crippen molar-refractivity contribution in [2.75, 3.05) is 13.2 Å². The van der Waals surface area contributed by atoms with E-state index >= 15 is 0 Å². The molecule has 0 amide bonds. The van der Waals surface area contributed by atoms with E-state index in [0.29, 0.717) is 4.57 Å². The Morgan fingerprint density at radius 2 is 2.63 bits per heavy atom. The lowest BCUT2D eigenvalue weighted by atomic mass is 10.2. The second kappa shape index (κ2) is 5.68. The van der Waals surface area contributed by atoms with Gasteiger partial charge in [0.1, 0.15) is 12.3 Å². The van der Waals surface area contributed by atoms with Gasteiger partial charge in [0.2, 0.25) is 5.88 Å². The summed E-state index contributed by atoms with van der Waals surface area (Å²) in [4.78, 5) is 15.7. The van der Waals surface area contributed by atoms with Crippen molar-refractivity contribution in [1.82, 2.24) is 9.55 Å². The minimum absolute atomic E-state index is 0.0778. The van der Waals surface area contributed by atoms with E-state index in [1.54, 1.807) is 6.92 Å². The first-order valence-electron chi connectivity index (χ1n) is 8.30. The van der Waals surface area contributed by atoms with Gasteiger partial charge in [0.25, 0.3) is 0 Å². The van der Waals surface area contributed by atoms with Crippen LogP contribution < -0.4 is 10.4 Å². The highest BCUT2D eigenvalue weighted by molar-refractivity contribution is 5.20. The van der Waals surface area contributed by atoms with Crippen molar-refractivity contribution in [2.24, 2.45) is 0 Å². The van der Waals surface area contributed by atoms with Crippen molar-refractivity contribution in [3.63, 3.8) is 0 Å². The summed E-state index contributed by atoms with van der Waals surface area (Å²) in [6.45, 7) is -1.68. The molecule has 1 aromatic heterocycles. The molecule has 0 radical (unpaired) electrons. The lowest BCUT2D eigenvalue weighted by Crippen LogP contribution is -2.28. The van der Waals surface area contributed by atoms with Crippen molar-refractivity contribution >= 4 is 0 Å². The fourth-order valence-corrected chi connectivity index (χ4v) is 1.64. The Morgan fingerprint density at radius 3 is 3.21 bits per heavy atom. The van der Waals surface area contributed by atoms with Crippen LogP contribution in [0.25, 0.3) is 0 Å². The summed E-state index contributed by atoms with van der Waals surface area (Å²) in [5.74, 6) is -0.388. The van der Waals surface area contributed by atoms with Crippen molar-refractivity contribution in [2.45, 2.75) is 38.6 Å². The molecule has 0 aromatic carbocycles. The second-order valence-electron chi connectivity index (χ2n) is 3.88. The van der Waals surface area contributed by atoms with Crippen LogP contribution in [0.15, 0.2) is 11.0 Å². The lowest BCUT2D eigenvalue weighted by molar-refractivity contribution is -0.0460. The molecule has 1 saturated heterocycles. The Morgan fingerprint density at radius 1 is 1.84 bits per heavy atom. The fourth-order valence-electron chi connectivity index (χ4n) is 1.64. The highest BCUT2D eigenvalue weighted by Crippen LogP contribution is 2.28. The maximum atomic E-state index is 12.2. The van der Waals surface area contributed by atoms with E-state index in [-0.39, 0.29) is 12.5 Å². The number of aliphatic hydroxyl groups is 2. The molecule has 2 rings (SSSR count). The largest absolute Gasteiger partial charge is 0.478 e. The molecule has 0 unspecified atom stereocenters. The van der Waals surface area contributed by atoms with E-state index in [9.17, 15) is 9.90 Å². The third-order valence-corrected chi connectivity index (χ3v) is 2.56. The van der Waals surface area contributed by atoms with Gasteiger partial charge < -0.3 is 19.7 Å². The maximum Gasteiger partial charge on any atom is 0.352 e. The van der Waals surface area contributed by atoms with E-state index in [0.717, 1.165) is 6.20 Å². The molecular formula is C12H18N2O5. The fraction of sp³-hybridized carbons (Fsp3) is 0.667. The monoisotopic (exact) mass is 280 g/mol. The molecule has 2 N–H and O–H groups in total. The Balaban J connectivity index is 2.61.